The molecule has 0 aromatic heterocycles. The van der Waals surface area contributed by atoms with E-state index < -0.39 is 0 Å². The summed E-state index contributed by atoms with van der Waals surface area (Å²) in [6, 6.07) is 0. The Morgan fingerprint density at radius 1 is 0.407 bits per heavy atom. The topological polar surface area (TPSA) is 73.8 Å². The molecule has 0 aliphatic carbocycles. The van der Waals surface area contributed by atoms with Crippen molar-refractivity contribution in [2.24, 2.45) is 51.4 Å². The van der Waals surface area contributed by atoms with Crippen LogP contribution in [0.4, 0.5) is 0 Å². The normalized spacial score (nSPS) is 14.6. The highest BCUT2D eigenvalue weighted by Crippen LogP contribution is 2.32. The van der Waals surface area contributed by atoms with Crippen LogP contribution in [0.2, 0.25) is 0 Å². The van der Waals surface area contributed by atoms with Crippen LogP contribution in [0, 0.1) is 27.1 Å². The van der Waals surface area contributed by atoms with Gasteiger partial charge in [-0.05, 0) is 128 Å². The Morgan fingerprint density at radius 2 is 0.780 bits per heavy atom. The van der Waals surface area contributed by atoms with Crippen LogP contribution in [0.15, 0.2) is 35.9 Å². The summed E-state index contributed by atoms with van der Waals surface area (Å²) in [5.41, 5.74) is 5.72. The molecule has 0 aliphatic heterocycles. The average Bonchev–Trinajstić information content (AvgIpc) is 3.47. The molecule has 0 heterocycles. The maximum Gasteiger partial charge on any atom is 0.0792 e. The number of hydrogen-bond acceptors (Lipinski definition) is 6. The van der Waals surface area contributed by atoms with Gasteiger partial charge < -0.3 is 0 Å². The zero-order valence-corrected chi connectivity index (χ0v) is 76.6. The molecule has 91 heavy (non-hydrogen) atoms. The minimum Gasteiger partial charge on any atom is -0.291 e. The lowest BCUT2D eigenvalue weighted by Crippen LogP contribution is -2.30. The van der Waals surface area contributed by atoms with Crippen molar-refractivity contribution in [3.8, 4) is 0 Å². The molecule has 0 aromatic rings. The highest BCUT2D eigenvalue weighted by atomic mass is 32.2. The number of aliphatic imine (C=N–C) groups is 4. The Hall–Kier alpha value is -0.630. The van der Waals surface area contributed by atoms with Crippen molar-refractivity contribution in [1.82, 2.24) is 4.72 Å². The number of allylic oxidation sites excluding steroid dienone is 1. The molecule has 0 aromatic carbocycles. The molecule has 6 atom stereocenters. The zero-order chi connectivity index (χ0) is 76.9. The van der Waals surface area contributed by atoms with Crippen LogP contribution in [-0.2, 0) is 0 Å². The summed E-state index contributed by atoms with van der Waals surface area (Å²) in [5.74, 6) is 27.6. The molecule has 0 saturated carbocycles. The molecule has 12 heteroatoms. The second kappa shape index (κ2) is 59.4. The Balaban J connectivity index is -0.0000000792. The average molecular weight is 1400 g/mol. The van der Waals surface area contributed by atoms with E-state index in [-0.39, 0.29) is 105 Å². The van der Waals surface area contributed by atoms with Gasteiger partial charge in [-0.25, -0.2) is 4.40 Å². The third kappa shape index (κ3) is 127. The lowest BCUT2D eigenvalue weighted by molar-refractivity contribution is 0.430. The van der Waals surface area contributed by atoms with E-state index in [2.05, 4.69) is 339 Å². The maximum absolute atomic E-state index is 4.47. The Bertz CT molecular complexity index is 1840. The fourth-order valence-electron chi connectivity index (χ4n) is 3.90. The highest BCUT2D eigenvalue weighted by molar-refractivity contribution is 8.26. The van der Waals surface area contributed by atoms with Gasteiger partial charge in [0.25, 0.3) is 0 Å². The van der Waals surface area contributed by atoms with Crippen LogP contribution in [0.5, 0.6) is 0 Å². The predicted molar refractivity (Wildman–Crippen MR) is 475 cm³/mol. The molecular weight excluding hydrogens is 1230 g/mol. The van der Waals surface area contributed by atoms with Crippen LogP contribution >= 0.6 is 63.3 Å². The van der Waals surface area contributed by atoms with E-state index in [1.54, 1.807) is 0 Å². The third-order valence-electron chi connectivity index (χ3n) is 8.74. The van der Waals surface area contributed by atoms with Crippen LogP contribution in [0.1, 0.15) is 345 Å². The van der Waals surface area contributed by atoms with Gasteiger partial charge in [0.15, 0.2) is 0 Å². The van der Waals surface area contributed by atoms with E-state index >= 15 is 0 Å². The van der Waals surface area contributed by atoms with E-state index in [9.17, 15) is 0 Å². The van der Waals surface area contributed by atoms with Gasteiger partial charge in [0.2, 0.25) is 0 Å². The zero-order valence-electron chi connectivity index (χ0n) is 71.7. The molecule has 6 unspecified atom stereocenters. The number of hydrogen-bond donors (Lipinski definition) is 1. The third-order valence-corrected chi connectivity index (χ3v) is 20.0. The molecular formula is C79H176N6S6. The highest BCUT2D eigenvalue weighted by Gasteiger charge is 2.17. The van der Waals surface area contributed by atoms with Crippen molar-refractivity contribution < 1.29 is 0 Å². The van der Waals surface area contributed by atoms with Gasteiger partial charge in [0, 0.05) is 66.6 Å². The van der Waals surface area contributed by atoms with Gasteiger partial charge in [0.05, 0.1) is 17.0 Å². The number of rotatable bonds is 12. The Morgan fingerprint density at radius 3 is 1.04 bits per heavy atom. The van der Waals surface area contributed by atoms with E-state index in [1.807, 2.05) is 99.0 Å². The van der Waals surface area contributed by atoms with E-state index in [4.69, 9.17) is 0 Å². The van der Waals surface area contributed by atoms with Crippen LogP contribution in [0.3, 0.4) is 0 Å². The van der Waals surface area contributed by atoms with Gasteiger partial charge in [-0.1, -0.05) is 308 Å². The smallest absolute Gasteiger partial charge is 0.0792 e. The van der Waals surface area contributed by atoms with Crippen LogP contribution in [0.25, 0.3) is 0 Å². The summed E-state index contributed by atoms with van der Waals surface area (Å²) in [6.07, 6.45) is 10.6. The van der Waals surface area contributed by atoms with Gasteiger partial charge in [-0.2, -0.15) is 31.5 Å². The fraction of sp³-hybridized carbons (Fsp3) is 0.835. The van der Waals surface area contributed by atoms with E-state index in [1.165, 1.54) is 6.42 Å². The molecule has 0 saturated heterocycles. The number of nitrogens with one attached hydrogen (secondary N) is 1. The Labute approximate surface area is 596 Å². The van der Waals surface area contributed by atoms with Crippen molar-refractivity contribution in [3.63, 3.8) is 0 Å². The van der Waals surface area contributed by atoms with Crippen molar-refractivity contribution in [3.05, 3.63) is 11.5 Å². The summed E-state index contributed by atoms with van der Waals surface area (Å²) in [6.45, 7) is 104. The molecule has 6 nitrogen and oxygen atoms in total. The van der Waals surface area contributed by atoms with Gasteiger partial charge >= 0.3 is 0 Å². The predicted octanol–water partition coefficient (Wildman–Crippen LogP) is 28.0. The first-order chi connectivity index (χ1) is 40.1. The minimum absolute atomic E-state index is 0.0363. The van der Waals surface area contributed by atoms with E-state index in [0.29, 0.717) is 21.0 Å². The molecule has 0 radical (unpaired) electrons. The van der Waals surface area contributed by atoms with Crippen molar-refractivity contribution in [2.75, 3.05) is 23.9 Å². The SMILES string of the molecule is C=S(/C=C\C(C)(C)C)NC(C)(C)C.C=S(C=NC(C)(C)C)CC(C)(C)C.C=S(C=NCC(C)(C)C)C(C)(C)C.C=S(CC=NC(C)(C)C)C(C)(C)C.C=S(CN=CC(C)(C)C)C(C)(C)C.C=S(N=CCC(C)(C)C)C(C)(C)C.CC.CC.CC.CC.CC.CCC. The standard InChI is InChI=1S/6C11H23NS.C3H8.5C2H6/c1-10(2,3)8-13(7)9-12-11(4,5)6;2*1-10(2,3)8-12-9-13(7)11(4,5)6;1-10(2,3)12-8-9-13(7)11(4,5)6;1-10(2,3)8-9-13(7)12-11(4,5)6;1-10(2,3)8-9-12-13(7)11(4,5)6;1-3-2;5*1-2/h2*9H,7-8H2,1-6H3;2*8H,7,9H2,1-6H3;8-9,12H,7H2,1-6H3;9H,7-8H2,1-6H3;3H2,1-2H3;5*1-2H3/b;;;;9-8-;;;;;;;. The quantitative estimate of drug-likeness (QED) is 0.118. The molecule has 1 N–H and O–H groups in total. The lowest BCUT2D eigenvalue weighted by atomic mass is 9.93. The molecule has 0 fully saturated rings. The summed E-state index contributed by atoms with van der Waals surface area (Å²) >= 11 is 0. The summed E-state index contributed by atoms with van der Waals surface area (Å²) in [7, 11) is 0.248. The summed E-state index contributed by atoms with van der Waals surface area (Å²) < 4.78 is 8.94. The van der Waals surface area contributed by atoms with Gasteiger partial charge in [-0.15, -0.1) is 21.2 Å². The molecule has 558 valence electrons. The summed E-state index contributed by atoms with van der Waals surface area (Å²) in [5, 5.41) is 2.16. The van der Waals surface area contributed by atoms with Gasteiger partial charge in [0.1, 0.15) is 0 Å². The number of nitrogens with zero attached hydrogens (tertiary/aromatic N) is 5. The lowest BCUT2D eigenvalue weighted by Gasteiger charge is -2.22. The first-order valence-corrected chi connectivity index (χ1v) is 43.3. The first-order valence-electron chi connectivity index (χ1n) is 34.3. The Kier molecular flexibility index (Phi) is 76.7. The van der Waals surface area contributed by atoms with Gasteiger partial charge in [-0.3, -0.25) is 24.7 Å². The second-order valence-electron chi connectivity index (χ2n) is 33.5. The first kappa shape index (κ1) is 118. The van der Waals surface area contributed by atoms with Crippen molar-refractivity contribution in [1.29, 1.82) is 0 Å². The molecule has 0 aliphatic rings. The van der Waals surface area contributed by atoms with Crippen molar-refractivity contribution >= 4 is 128 Å². The minimum atomic E-state index is -0.103. The maximum atomic E-state index is 4.47. The molecule has 0 amide bonds. The van der Waals surface area contributed by atoms with Crippen molar-refractivity contribution in [2.45, 2.75) is 381 Å². The second-order valence-corrected chi connectivity index (χ2v) is 45.9. The molecule has 0 rings (SSSR count). The van der Waals surface area contributed by atoms with Crippen LogP contribution in [-0.4, -0.2) is 124 Å². The van der Waals surface area contributed by atoms with Crippen LogP contribution < -0.4 is 4.72 Å². The molecule has 0 spiro atoms. The van der Waals surface area contributed by atoms with E-state index in [0.717, 1.165) is 30.3 Å². The monoisotopic (exact) mass is 1400 g/mol. The fourth-order valence-corrected chi connectivity index (χ4v) is 9.52. The molecule has 0 bridgehead atoms. The largest absolute Gasteiger partial charge is 0.291 e. The summed E-state index contributed by atoms with van der Waals surface area (Å²) in [4.78, 5) is 17.8.